The Bertz CT molecular complexity index is 600. The van der Waals surface area contributed by atoms with Gasteiger partial charge < -0.3 is 10.1 Å². The molecule has 0 aliphatic rings. The van der Waals surface area contributed by atoms with Crippen LogP contribution in [0.4, 0.5) is 4.79 Å². The van der Waals surface area contributed by atoms with E-state index >= 15 is 0 Å². The van der Waals surface area contributed by atoms with Crippen molar-refractivity contribution in [2.24, 2.45) is 0 Å². The summed E-state index contributed by atoms with van der Waals surface area (Å²) in [6.07, 6.45) is 6.35. The second-order valence-electron chi connectivity index (χ2n) is 4.10. The van der Waals surface area contributed by atoms with Crippen LogP contribution in [0.2, 0.25) is 0 Å². The number of hydrogen-bond donors (Lipinski definition) is 1. The van der Waals surface area contributed by atoms with Gasteiger partial charge in [-0.25, -0.2) is 14.8 Å². The molecule has 108 valence electrons. The quantitative estimate of drug-likeness (QED) is 0.901. The van der Waals surface area contributed by atoms with Crippen molar-refractivity contribution in [3.63, 3.8) is 0 Å². The minimum absolute atomic E-state index is 0.256. The number of aromatic nitrogens is 2. The molecule has 0 fully saturated rings. The van der Waals surface area contributed by atoms with Gasteiger partial charge in [0.15, 0.2) is 5.82 Å². The molecule has 0 aliphatic carbocycles. The molecule has 1 amide bonds. The lowest BCUT2D eigenvalue weighted by Gasteiger charge is -2.05. The standard InChI is InChI=1S/C15H14BrN3O2/c16-13-9-18-14(19-10-13)7-4-8-17-15(20)21-11-12-5-2-1-3-6-12/h1-7,9-10H,8,11H2,(H,17,20). The van der Waals surface area contributed by atoms with Crippen LogP contribution in [0, 0.1) is 0 Å². The van der Waals surface area contributed by atoms with Crippen LogP contribution in [0.25, 0.3) is 6.08 Å². The molecule has 0 saturated heterocycles. The molecule has 2 rings (SSSR count). The molecular formula is C15H14BrN3O2. The van der Waals surface area contributed by atoms with Crippen molar-refractivity contribution in [1.82, 2.24) is 15.3 Å². The molecule has 1 N–H and O–H groups in total. The van der Waals surface area contributed by atoms with Crippen molar-refractivity contribution in [1.29, 1.82) is 0 Å². The predicted molar refractivity (Wildman–Crippen MR) is 83.4 cm³/mol. The number of nitrogens with zero attached hydrogens (tertiary/aromatic N) is 2. The third kappa shape index (κ3) is 5.74. The molecule has 0 aliphatic heterocycles. The molecule has 0 unspecified atom stereocenters. The van der Waals surface area contributed by atoms with E-state index in [0.717, 1.165) is 10.0 Å². The van der Waals surface area contributed by atoms with E-state index in [9.17, 15) is 4.79 Å². The number of carbonyl (C=O) groups excluding carboxylic acids is 1. The summed E-state index contributed by atoms with van der Waals surface area (Å²) in [5.74, 6) is 0.581. The fourth-order valence-electron chi connectivity index (χ4n) is 1.49. The SMILES string of the molecule is O=C(NCC=Cc1ncc(Br)cn1)OCc1ccccc1. The number of halogens is 1. The topological polar surface area (TPSA) is 64.1 Å². The van der Waals surface area contributed by atoms with Gasteiger partial charge in [-0.2, -0.15) is 0 Å². The summed E-state index contributed by atoms with van der Waals surface area (Å²) in [4.78, 5) is 19.6. The first-order chi connectivity index (χ1) is 10.2. The summed E-state index contributed by atoms with van der Waals surface area (Å²) in [7, 11) is 0. The Morgan fingerprint density at radius 2 is 1.95 bits per heavy atom. The monoisotopic (exact) mass is 347 g/mol. The van der Waals surface area contributed by atoms with Crippen LogP contribution in [0.5, 0.6) is 0 Å². The van der Waals surface area contributed by atoms with Gasteiger partial charge >= 0.3 is 6.09 Å². The van der Waals surface area contributed by atoms with Gasteiger partial charge in [0.2, 0.25) is 0 Å². The van der Waals surface area contributed by atoms with Crippen molar-refractivity contribution in [3.8, 4) is 0 Å². The molecule has 1 heterocycles. The predicted octanol–water partition coefficient (Wildman–Crippen LogP) is 3.18. The van der Waals surface area contributed by atoms with Crippen molar-refractivity contribution in [2.45, 2.75) is 6.61 Å². The number of benzene rings is 1. The van der Waals surface area contributed by atoms with Crippen LogP contribution in [0.15, 0.2) is 53.3 Å². The zero-order chi connectivity index (χ0) is 14.9. The highest BCUT2D eigenvalue weighted by Gasteiger charge is 2.00. The smallest absolute Gasteiger partial charge is 0.407 e. The fraction of sp³-hybridized carbons (Fsp3) is 0.133. The van der Waals surface area contributed by atoms with E-state index in [-0.39, 0.29) is 6.61 Å². The molecule has 0 saturated carbocycles. The second kappa shape index (κ2) is 8.16. The van der Waals surface area contributed by atoms with Gasteiger partial charge in [0.25, 0.3) is 0 Å². The van der Waals surface area contributed by atoms with Gasteiger partial charge in [-0.1, -0.05) is 36.4 Å². The summed E-state index contributed by atoms with van der Waals surface area (Å²) in [6.45, 7) is 0.610. The Kier molecular flexibility index (Phi) is 5.90. The lowest BCUT2D eigenvalue weighted by atomic mass is 10.2. The van der Waals surface area contributed by atoms with Gasteiger partial charge in [0.1, 0.15) is 6.61 Å². The number of alkyl carbamates (subject to hydrolysis) is 1. The van der Waals surface area contributed by atoms with Crippen LogP contribution >= 0.6 is 15.9 Å². The van der Waals surface area contributed by atoms with Gasteiger partial charge in [-0.3, -0.25) is 0 Å². The number of ether oxygens (including phenoxy) is 1. The van der Waals surface area contributed by atoms with Gasteiger partial charge in [-0.05, 0) is 27.6 Å². The normalized spacial score (nSPS) is 10.5. The number of carbonyl (C=O) groups is 1. The molecular weight excluding hydrogens is 334 g/mol. The maximum atomic E-state index is 11.5. The highest BCUT2D eigenvalue weighted by molar-refractivity contribution is 9.10. The third-order valence-corrected chi connectivity index (χ3v) is 2.89. The van der Waals surface area contributed by atoms with Crippen molar-refractivity contribution in [3.05, 3.63) is 64.7 Å². The molecule has 2 aromatic rings. The first-order valence-electron chi connectivity index (χ1n) is 6.32. The Labute approximate surface area is 131 Å². The summed E-state index contributed by atoms with van der Waals surface area (Å²) in [5.41, 5.74) is 0.950. The second-order valence-corrected chi connectivity index (χ2v) is 5.02. The van der Waals surface area contributed by atoms with Gasteiger partial charge in [-0.15, -0.1) is 0 Å². The van der Waals surface area contributed by atoms with Crippen LogP contribution in [-0.4, -0.2) is 22.6 Å². The number of hydrogen-bond acceptors (Lipinski definition) is 4. The van der Waals surface area contributed by atoms with Crippen molar-refractivity contribution < 1.29 is 9.53 Å². The highest BCUT2D eigenvalue weighted by atomic mass is 79.9. The minimum Gasteiger partial charge on any atom is -0.445 e. The van der Waals surface area contributed by atoms with Crippen LogP contribution in [-0.2, 0) is 11.3 Å². The molecule has 0 bridgehead atoms. The molecule has 5 nitrogen and oxygen atoms in total. The van der Waals surface area contributed by atoms with Crippen LogP contribution in [0.1, 0.15) is 11.4 Å². The van der Waals surface area contributed by atoms with Crippen molar-refractivity contribution in [2.75, 3.05) is 6.54 Å². The molecule has 21 heavy (non-hydrogen) atoms. The lowest BCUT2D eigenvalue weighted by Crippen LogP contribution is -2.24. The Hall–Kier alpha value is -2.21. The maximum Gasteiger partial charge on any atom is 0.407 e. The number of nitrogens with one attached hydrogen (secondary N) is 1. The molecule has 1 aromatic carbocycles. The molecule has 0 spiro atoms. The first kappa shape index (κ1) is 15.2. The van der Waals surface area contributed by atoms with Gasteiger partial charge in [0, 0.05) is 18.9 Å². The van der Waals surface area contributed by atoms with E-state index in [0.29, 0.717) is 12.4 Å². The third-order valence-electron chi connectivity index (χ3n) is 2.48. The largest absolute Gasteiger partial charge is 0.445 e. The van der Waals surface area contributed by atoms with Crippen LogP contribution < -0.4 is 5.32 Å². The molecule has 0 atom stereocenters. The van der Waals surface area contributed by atoms with Crippen LogP contribution in [0.3, 0.4) is 0 Å². The number of amides is 1. The van der Waals surface area contributed by atoms with E-state index in [2.05, 4.69) is 31.2 Å². The zero-order valence-corrected chi connectivity index (χ0v) is 12.8. The maximum absolute atomic E-state index is 11.5. The van der Waals surface area contributed by atoms with E-state index in [1.807, 2.05) is 30.3 Å². The van der Waals surface area contributed by atoms with E-state index < -0.39 is 6.09 Å². The summed E-state index contributed by atoms with van der Waals surface area (Å²) < 4.78 is 5.90. The average molecular weight is 348 g/mol. The van der Waals surface area contributed by atoms with E-state index in [4.69, 9.17) is 4.74 Å². The Morgan fingerprint density at radius 3 is 2.67 bits per heavy atom. The number of rotatable bonds is 5. The Morgan fingerprint density at radius 1 is 1.24 bits per heavy atom. The fourth-order valence-corrected chi connectivity index (χ4v) is 1.69. The first-order valence-corrected chi connectivity index (χ1v) is 7.12. The lowest BCUT2D eigenvalue weighted by molar-refractivity contribution is 0.141. The molecule has 1 aromatic heterocycles. The Balaban J connectivity index is 1.68. The van der Waals surface area contributed by atoms with E-state index in [1.165, 1.54) is 0 Å². The molecule has 0 radical (unpaired) electrons. The summed E-state index contributed by atoms with van der Waals surface area (Å²) in [6, 6.07) is 9.52. The summed E-state index contributed by atoms with van der Waals surface area (Å²) in [5, 5.41) is 2.62. The van der Waals surface area contributed by atoms with Crippen molar-refractivity contribution >= 4 is 28.1 Å². The zero-order valence-electron chi connectivity index (χ0n) is 11.2. The average Bonchev–Trinajstić information content (AvgIpc) is 2.52. The minimum atomic E-state index is -0.458. The van der Waals surface area contributed by atoms with Gasteiger partial charge in [0.05, 0.1) is 4.47 Å². The molecule has 6 heteroatoms. The van der Waals surface area contributed by atoms with E-state index in [1.54, 1.807) is 24.5 Å². The summed E-state index contributed by atoms with van der Waals surface area (Å²) >= 11 is 3.26. The highest BCUT2D eigenvalue weighted by Crippen LogP contribution is 2.04.